The summed E-state index contributed by atoms with van der Waals surface area (Å²) in [5.74, 6) is 2.83. The minimum absolute atomic E-state index is 0.512. The minimum atomic E-state index is 0.512. The van der Waals surface area contributed by atoms with E-state index in [2.05, 4.69) is 41.0 Å². The van der Waals surface area contributed by atoms with E-state index >= 15 is 0 Å². The van der Waals surface area contributed by atoms with Crippen molar-refractivity contribution in [2.24, 2.45) is 0 Å². The second kappa shape index (κ2) is 7.85. The van der Waals surface area contributed by atoms with Crippen molar-refractivity contribution in [3.63, 3.8) is 0 Å². The van der Waals surface area contributed by atoms with Crippen LogP contribution in [0.3, 0.4) is 0 Å². The van der Waals surface area contributed by atoms with E-state index in [9.17, 15) is 0 Å². The van der Waals surface area contributed by atoms with Crippen LogP contribution in [0.25, 0.3) is 0 Å². The molecule has 0 unspecified atom stereocenters. The number of ether oxygens (including phenoxy) is 1. The second-order valence-electron chi connectivity index (χ2n) is 7.93. The Labute approximate surface area is 162 Å². The Morgan fingerprint density at radius 1 is 1.07 bits per heavy atom. The molecule has 1 fully saturated rings. The van der Waals surface area contributed by atoms with Gasteiger partial charge < -0.3 is 14.5 Å². The fraction of sp³-hybridized carbons (Fsp3) is 0.545. The lowest BCUT2D eigenvalue weighted by Gasteiger charge is -2.28. The van der Waals surface area contributed by atoms with Gasteiger partial charge in [0.15, 0.2) is 0 Å². The summed E-state index contributed by atoms with van der Waals surface area (Å²) in [7, 11) is 4.42. The Hall–Kier alpha value is -2.14. The van der Waals surface area contributed by atoms with Crippen LogP contribution in [0.1, 0.15) is 48.3 Å². The molecule has 1 aromatic carbocycles. The average molecular weight is 367 g/mol. The lowest BCUT2D eigenvalue weighted by Crippen LogP contribution is -2.37. The van der Waals surface area contributed by atoms with E-state index in [-0.39, 0.29) is 0 Å². The van der Waals surface area contributed by atoms with E-state index in [0.29, 0.717) is 6.61 Å². The van der Waals surface area contributed by atoms with E-state index in [4.69, 9.17) is 9.72 Å². The summed E-state index contributed by atoms with van der Waals surface area (Å²) in [5.41, 5.74) is 3.43. The molecule has 0 atom stereocenters. The molecule has 1 aromatic heterocycles. The summed E-state index contributed by atoms with van der Waals surface area (Å²) >= 11 is 0. The monoisotopic (exact) mass is 366 g/mol. The highest BCUT2D eigenvalue weighted by molar-refractivity contribution is 5.53. The van der Waals surface area contributed by atoms with Gasteiger partial charge in [-0.25, -0.2) is 9.97 Å². The van der Waals surface area contributed by atoms with Gasteiger partial charge in [-0.1, -0.05) is 31.0 Å². The van der Waals surface area contributed by atoms with Crippen LogP contribution in [-0.2, 0) is 13.0 Å². The number of likely N-dealkylation sites (N-methyl/N-ethyl adjacent to an activating group) is 2. The van der Waals surface area contributed by atoms with Gasteiger partial charge in [-0.3, -0.25) is 0 Å². The van der Waals surface area contributed by atoms with Crippen molar-refractivity contribution in [2.75, 3.05) is 32.1 Å². The van der Waals surface area contributed by atoms with Gasteiger partial charge >= 0.3 is 0 Å². The number of hydrogen-bond acceptors (Lipinski definition) is 5. The lowest BCUT2D eigenvalue weighted by molar-refractivity contribution is 0.251. The third-order valence-electron chi connectivity index (χ3n) is 5.98. The molecule has 0 spiro atoms. The quantitative estimate of drug-likeness (QED) is 0.809. The molecule has 1 aliphatic carbocycles. The van der Waals surface area contributed by atoms with Gasteiger partial charge in [-0.2, -0.15) is 0 Å². The van der Waals surface area contributed by atoms with E-state index in [1.54, 1.807) is 0 Å². The van der Waals surface area contributed by atoms with E-state index in [0.717, 1.165) is 48.6 Å². The minimum Gasteiger partial charge on any atom is -0.487 e. The number of aryl methyl sites for hydroxylation is 1. The van der Waals surface area contributed by atoms with Gasteiger partial charge in [0.2, 0.25) is 0 Å². The Bertz CT molecular complexity index is 801. The first kappa shape index (κ1) is 18.2. The van der Waals surface area contributed by atoms with Crippen LogP contribution in [0.5, 0.6) is 5.75 Å². The fourth-order valence-corrected chi connectivity index (χ4v) is 4.32. The Morgan fingerprint density at radius 3 is 2.67 bits per heavy atom. The van der Waals surface area contributed by atoms with Crippen molar-refractivity contribution in [2.45, 2.75) is 51.7 Å². The summed E-state index contributed by atoms with van der Waals surface area (Å²) in [4.78, 5) is 14.3. The number of nitrogens with zero attached hydrogens (tertiary/aromatic N) is 4. The highest BCUT2D eigenvalue weighted by Gasteiger charge is 2.23. The van der Waals surface area contributed by atoms with E-state index < -0.39 is 0 Å². The van der Waals surface area contributed by atoms with Crippen LogP contribution in [-0.4, -0.2) is 48.1 Å². The number of rotatable bonds is 5. The van der Waals surface area contributed by atoms with Crippen LogP contribution in [0.2, 0.25) is 0 Å². The van der Waals surface area contributed by atoms with Crippen LogP contribution >= 0.6 is 0 Å². The molecule has 2 aliphatic rings. The molecule has 0 saturated heterocycles. The standard InChI is InChI=1S/C22H30N4O/c1-16-23-20-15-27-21-11-7-4-8-17(21)14-19(20)22(24-16)26(3)13-12-25(2)18-9-5-6-10-18/h4,7-8,11,18H,5-6,9-10,12-15H2,1-3H3. The maximum absolute atomic E-state index is 6.01. The molecule has 4 rings (SSSR count). The molecule has 27 heavy (non-hydrogen) atoms. The van der Waals surface area contributed by atoms with Crippen molar-refractivity contribution in [3.05, 3.63) is 46.9 Å². The summed E-state index contributed by atoms with van der Waals surface area (Å²) in [5, 5.41) is 0. The highest BCUT2D eigenvalue weighted by Crippen LogP contribution is 2.31. The molecule has 2 heterocycles. The van der Waals surface area contributed by atoms with Gasteiger partial charge in [0.05, 0.1) is 5.69 Å². The van der Waals surface area contributed by atoms with Gasteiger partial charge in [0.25, 0.3) is 0 Å². The predicted molar refractivity (Wildman–Crippen MR) is 109 cm³/mol. The predicted octanol–water partition coefficient (Wildman–Crippen LogP) is 3.58. The number of para-hydroxylation sites is 1. The number of benzene rings is 1. The summed E-state index contributed by atoms with van der Waals surface area (Å²) in [6.45, 7) is 4.52. The van der Waals surface area contributed by atoms with Crippen molar-refractivity contribution in [1.29, 1.82) is 0 Å². The molecule has 0 bridgehead atoms. The average Bonchev–Trinajstić information content (AvgIpc) is 3.15. The molecule has 5 heteroatoms. The van der Waals surface area contributed by atoms with Crippen LogP contribution in [0, 0.1) is 6.92 Å². The maximum Gasteiger partial charge on any atom is 0.136 e. The molecule has 144 valence electrons. The number of anilines is 1. The topological polar surface area (TPSA) is 41.5 Å². The van der Waals surface area contributed by atoms with Crippen LogP contribution in [0.4, 0.5) is 5.82 Å². The third kappa shape index (κ3) is 3.93. The molecule has 1 aliphatic heterocycles. The van der Waals surface area contributed by atoms with Gasteiger partial charge in [-0.05, 0) is 38.4 Å². The molecule has 1 saturated carbocycles. The maximum atomic E-state index is 6.01. The van der Waals surface area contributed by atoms with Crippen molar-refractivity contribution in [3.8, 4) is 5.75 Å². The largest absolute Gasteiger partial charge is 0.487 e. The summed E-state index contributed by atoms with van der Waals surface area (Å²) < 4.78 is 6.01. The highest BCUT2D eigenvalue weighted by atomic mass is 16.5. The first-order valence-corrected chi connectivity index (χ1v) is 10.1. The second-order valence-corrected chi connectivity index (χ2v) is 7.93. The van der Waals surface area contributed by atoms with Gasteiger partial charge in [-0.15, -0.1) is 0 Å². The zero-order valence-electron chi connectivity index (χ0n) is 16.7. The number of hydrogen-bond donors (Lipinski definition) is 0. The summed E-state index contributed by atoms with van der Waals surface area (Å²) in [6.07, 6.45) is 6.27. The fourth-order valence-electron chi connectivity index (χ4n) is 4.32. The van der Waals surface area contributed by atoms with Crippen molar-refractivity contribution >= 4 is 5.82 Å². The molecule has 2 aromatic rings. The molecule has 5 nitrogen and oxygen atoms in total. The first-order chi connectivity index (χ1) is 13.1. The normalized spacial score (nSPS) is 16.6. The van der Waals surface area contributed by atoms with Crippen LogP contribution in [0.15, 0.2) is 24.3 Å². The molecule has 0 N–H and O–H groups in total. The number of aromatic nitrogens is 2. The van der Waals surface area contributed by atoms with Gasteiger partial charge in [0.1, 0.15) is 24.0 Å². The van der Waals surface area contributed by atoms with Crippen molar-refractivity contribution < 1.29 is 4.74 Å². The van der Waals surface area contributed by atoms with E-state index in [1.807, 2.05) is 19.1 Å². The smallest absolute Gasteiger partial charge is 0.136 e. The third-order valence-corrected chi connectivity index (χ3v) is 5.98. The SMILES string of the molecule is Cc1nc2c(c(N(C)CCN(C)C3CCCC3)n1)Cc1ccccc1OC2. The van der Waals surface area contributed by atoms with Crippen LogP contribution < -0.4 is 9.64 Å². The van der Waals surface area contributed by atoms with E-state index in [1.165, 1.54) is 36.8 Å². The van der Waals surface area contributed by atoms with Crippen molar-refractivity contribution in [1.82, 2.24) is 14.9 Å². The Balaban J connectivity index is 1.55. The molecular weight excluding hydrogens is 336 g/mol. The summed E-state index contributed by atoms with van der Waals surface area (Å²) in [6, 6.07) is 9.03. The Kier molecular flexibility index (Phi) is 5.30. The molecule has 0 amide bonds. The van der Waals surface area contributed by atoms with Gasteiger partial charge in [0, 0.05) is 38.2 Å². The number of fused-ring (bicyclic) bond motifs is 2. The molecule has 0 radical (unpaired) electrons. The Morgan fingerprint density at radius 2 is 1.85 bits per heavy atom. The zero-order valence-corrected chi connectivity index (χ0v) is 16.7. The lowest BCUT2D eigenvalue weighted by atomic mass is 10.0. The zero-order chi connectivity index (χ0) is 18.8. The first-order valence-electron chi connectivity index (χ1n) is 10.1. The molecular formula is C22H30N4O.